The lowest BCUT2D eigenvalue weighted by Gasteiger charge is -2.53. The number of carbonyl (C=O) groups is 1. The molecule has 3 rings (SSSR count). The minimum atomic E-state index is -0.726. The maximum absolute atomic E-state index is 11.0. The number of allylic oxidation sites excluding steroid dienone is 2. The van der Waals surface area contributed by atoms with Gasteiger partial charge < -0.3 is 15.3 Å². The number of aliphatic carboxylic acids is 1. The van der Waals surface area contributed by atoms with Gasteiger partial charge in [-0.3, -0.25) is 4.79 Å². The summed E-state index contributed by atoms with van der Waals surface area (Å²) in [4.78, 5) is 10.7. The highest BCUT2D eigenvalue weighted by Crippen LogP contribution is 2.54. The fourth-order valence-corrected chi connectivity index (χ4v) is 7.19. The van der Waals surface area contributed by atoms with Crippen molar-refractivity contribution in [2.75, 3.05) is 0 Å². The molecule has 7 atom stereocenters. The lowest BCUT2D eigenvalue weighted by Crippen LogP contribution is -2.51. The second kappa shape index (κ2) is 10.5. The first kappa shape index (κ1) is 23.5. The minimum Gasteiger partial charge on any atom is -0.481 e. The van der Waals surface area contributed by atoms with Gasteiger partial charge in [0.2, 0.25) is 0 Å². The molecule has 0 aromatic rings. The van der Waals surface area contributed by atoms with Gasteiger partial charge in [-0.25, -0.2) is 0 Å². The SMILES string of the molecule is CCC1C(CC)C([C@@H](O)/C=C/[C@@H]2[C@H]3C/C(=C/CCCC(=O)O)C[C@@H]3C[C@H]2O)C1CC. The lowest BCUT2D eigenvalue weighted by atomic mass is 9.52. The summed E-state index contributed by atoms with van der Waals surface area (Å²) in [6.07, 6.45) is 13.8. The second-order valence-corrected chi connectivity index (χ2v) is 10.0. The molecule has 0 heterocycles. The summed E-state index contributed by atoms with van der Waals surface area (Å²) in [5, 5.41) is 30.4. The average molecular weight is 419 g/mol. The molecule has 0 radical (unpaired) electrons. The van der Waals surface area contributed by atoms with Crippen LogP contribution in [0.25, 0.3) is 0 Å². The van der Waals surface area contributed by atoms with Gasteiger partial charge in [0.05, 0.1) is 12.2 Å². The summed E-state index contributed by atoms with van der Waals surface area (Å²) in [5.41, 5.74) is 1.43. The quantitative estimate of drug-likeness (QED) is 0.337. The Labute approximate surface area is 182 Å². The molecular weight excluding hydrogens is 376 g/mol. The van der Waals surface area contributed by atoms with Gasteiger partial charge in [-0.2, -0.15) is 0 Å². The first-order valence-corrected chi connectivity index (χ1v) is 12.3. The fraction of sp³-hybridized carbons (Fsp3) is 0.808. The van der Waals surface area contributed by atoms with Crippen molar-refractivity contribution < 1.29 is 20.1 Å². The number of aliphatic hydroxyl groups excluding tert-OH is 2. The summed E-state index contributed by atoms with van der Waals surface area (Å²) < 4.78 is 0. The molecule has 3 aliphatic rings. The van der Waals surface area contributed by atoms with Crippen molar-refractivity contribution >= 4 is 5.97 Å². The Kier molecular flexibility index (Phi) is 8.20. The molecule has 0 aliphatic heterocycles. The molecule has 0 aromatic heterocycles. The van der Waals surface area contributed by atoms with Crippen molar-refractivity contribution in [2.24, 2.45) is 41.4 Å². The van der Waals surface area contributed by atoms with E-state index in [0.717, 1.165) is 44.4 Å². The molecule has 3 N–H and O–H groups in total. The zero-order valence-corrected chi connectivity index (χ0v) is 19.0. The third-order valence-corrected chi connectivity index (χ3v) is 8.57. The molecule has 4 heteroatoms. The van der Waals surface area contributed by atoms with E-state index in [9.17, 15) is 15.0 Å². The van der Waals surface area contributed by atoms with E-state index in [0.29, 0.717) is 36.0 Å². The van der Waals surface area contributed by atoms with Crippen molar-refractivity contribution in [2.45, 2.75) is 90.8 Å². The van der Waals surface area contributed by atoms with E-state index < -0.39 is 12.1 Å². The van der Waals surface area contributed by atoms with Gasteiger partial charge in [0.15, 0.2) is 0 Å². The van der Waals surface area contributed by atoms with Crippen LogP contribution in [0.15, 0.2) is 23.8 Å². The predicted octanol–water partition coefficient (Wildman–Crippen LogP) is 5.20. The van der Waals surface area contributed by atoms with Crippen molar-refractivity contribution in [3.05, 3.63) is 23.8 Å². The molecule has 3 saturated carbocycles. The van der Waals surface area contributed by atoms with Crippen molar-refractivity contribution in [1.82, 2.24) is 0 Å². The van der Waals surface area contributed by atoms with Crippen LogP contribution in [0.2, 0.25) is 0 Å². The summed E-state index contributed by atoms with van der Waals surface area (Å²) >= 11 is 0. The monoisotopic (exact) mass is 418 g/mol. The van der Waals surface area contributed by atoms with Crippen molar-refractivity contribution in [1.29, 1.82) is 0 Å². The first-order chi connectivity index (χ1) is 14.4. The second-order valence-electron chi connectivity index (χ2n) is 10.0. The molecule has 3 fully saturated rings. The minimum absolute atomic E-state index is 0.136. The molecule has 0 spiro atoms. The van der Waals surface area contributed by atoms with E-state index >= 15 is 0 Å². The molecule has 0 saturated heterocycles. The van der Waals surface area contributed by atoms with E-state index in [1.54, 1.807) is 0 Å². The highest BCUT2D eigenvalue weighted by molar-refractivity contribution is 5.66. The molecule has 0 aromatic carbocycles. The van der Waals surface area contributed by atoms with E-state index in [1.165, 1.54) is 12.0 Å². The molecule has 0 amide bonds. The van der Waals surface area contributed by atoms with Crippen LogP contribution in [0.1, 0.15) is 78.6 Å². The normalized spacial score (nSPS) is 40.6. The van der Waals surface area contributed by atoms with Crippen LogP contribution in [0.3, 0.4) is 0 Å². The summed E-state index contributed by atoms with van der Waals surface area (Å²) in [7, 11) is 0. The summed E-state index contributed by atoms with van der Waals surface area (Å²) in [6.45, 7) is 6.77. The number of hydrogen-bond acceptors (Lipinski definition) is 3. The Bertz CT molecular complexity index is 627. The molecule has 4 nitrogen and oxygen atoms in total. The maximum Gasteiger partial charge on any atom is 0.303 e. The third kappa shape index (κ3) is 4.85. The standard InChI is InChI=1S/C26H42O4/c1-4-18-19(5-2)26(20(18)6-3)23(27)12-11-21-22-14-16(9-7-8-10-25(29)30)13-17(22)15-24(21)28/h9,11-12,17-24,26-28H,4-8,10,13-15H2,1-3H3,(H,29,30)/b12-11+,16-9+/t17-,18?,19?,20?,21-,22+,23+,24-,26?/m1/s1. The number of carboxylic acid groups (broad SMARTS) is 1. The zero-order valence-electron chi connectivity index (χ0n) is 19.0. The number of fused-ring (bicyclic) bond motifs is 1. The Morgan fingerprint density at radius 1 is 1.10 bits per heavy atom. The topological polar surface area (TPSA) is 77.8 Å². The van der Waals surface area contributed by atoms with Crippen molar-refractivity contribution in [3.8, 4) is 0 Å². The van der Waals surface area contributed by atoms with Crippen LogP contribution in [0.5, 0.6) is 0 Å². The van der Waals surface area contributed by atoms with Gasteiger partial charge in [0.1, 0.15) is 0 Å². The van der Waals surface area contributed by atoms with Gasteiger partial charge in [-0.1, -0.05) is 63.8 Å². The number of hydrogen-bond donors (Lipinski definition) is 3. The van der Waals surface area contributed by atoms with Crippen LogP contribution in [-0.4, -0.2) is 33.5 Å². The Balaban J connectivity index is 1.58. The molecular formula is C26H42O4. The van der Waals surface area contributed by atoms with Gasteiger partial charge in [-0.15, -0.1) is 0 Å². The lowest BCUT2D eigenvalue weighted by molar-refractivity contribution is -0.137. The fourth-order valence-electron chi connectivity index (χ4n) is 7.19. The van der Waals surface area contributed by atoms with Crippen LogP contribution >= 0.6 is 0 Å². The van der Waals surface area contributed by atoms with Gasteiger partial charge in [-0.05, 0) is 67.6 Å². The number of aliphatic hydroxyl groups is 2. The summed E-state index contributed by atoms with van der Waals surface area (Å²) in [5.74, 6) is 2.75. The Morgan fingerprint density at radius 3 is 2.37 bits per heavy atom. The summed E-state index contributed by atoms with van der Waals surface area (Å²) in [6, 6.07) is 0. The van der Waals surface area contributed by atoms with Crippen LogP contribution in [-0.2, 0) is 4.79 Å². The molecule has 170 valence electrons. The molecule has 0 bridgehead atoms. The maximum atomic E-state index is 11.0. The van der Waals surface area contributed by atoms with Gasteiger partial charge in [0, 0.05) is 12.3 Å². The van der Waals surface area contributed by atoms with Crippen LogP contribution in [0.4, 0.5) is 0 Å². The van der Waals surface area contributed by atoms with Gasteiger partial charge >= 0.3 is 5.97 Å². The Hall–Kier alpha value is -1.13. The largest absolute Gasteiger partial charge is 0.481 e. The number of rotatable bonds is 10. The van der Waals surface area contributed by atoms with E-state index in [1.807, 2.05) is 6.08 Å². The highest BCUT2D eigenvalue weighted by Gasteiger charge is 2.50. The first-order valence-electron chi connectivity index (χ1n) is 12.3. The number of carboxylic acids is 1. The zero-order chi connectivity index (χ0) is 21.8. The van der Waals surface area contributed by atoms with E-state index in [4.69, 9.17) is 5.11 Å². The van der Waals surface area contributed by atoms with Gasteiger partial charge in [0.25, 0.3) is 0 Å². The smallest absolute Gasteiger partial charge is 0.303 e. The number of unbranched alkanes of at least 4 members (excludes halogenated alkanes) is 1. The predicted molar refractivity (Wildman–Crippen MR) is 120 cm³/mol. The molecule has 3 aliphatic carbocycles. The van der Waals surface area contributed by atoms with Crippen molar-refractivity contribution in [3.63, 3.8) is 0 Å². The van der Waals surface area contributed by atoms with Crippen LogP contribution in [0, 0.1) is 41.4 Å². The highest BCUT2D eigenvalue weighted by atomic mass is 16.4. The Morgan fingerprint density at radius 2 is 1.77 bits per heavy atom. The third-order valence-electron chi connectivity index (χ3n) is 8.57. The average Bonchev–Trinajstić information content (AvgIpc) is 3.20. The van der Waals surface area contributed by atoms with Crippen LogP contribution < -0.4 is 0 Å². The van der Waals surface area contributed by atoms with E-state index in [-0.39, 0.29) is 18.4 Å². The molecule has 30 heavy (non-hydrogen) atoms. The molecule has 2 unspecified atom stereocenters. The van der Waals surface area contributed by atoms with E-state index in [2.05, 4.69) is 32.9 Å².